The topological polar surface area (TPSA) is 176 Å². The summed E-state index contributed by atoms with van der Waals surface area (Å²) in [7, 11) is 1.62. The summed E-state index contributed by atoms with van der Waals surface area (Å²) in [5.41, 5.74) is 0.613. The number of rotatable bonds is 10. The summed E-state index contributed by atoms with van der Waals surface area (Å²) in [6, 6.07) is 9.09. The highest BCUT2D eigenvalue weighted by Crippen LogP contribution is 2.18. The Bertz CT molecular complexity index is 1010. The Morgan fingerprint density at radius 1 is 1.09 bits per heavy atom. The maximum Gasteiger partial charge on any atom is 0.379 e. The van der Waals surface area contributed by atoms with Crippen LogP contribution in [-0.4, -0.2) is 53.1 Å². The van der Waals surface area contributed by atoms with E-state index in [4.69, 9.17) is 29.5 Å². The van der Waals surface area contributed by atoms with E-state index < -0.39 is 42.3 Å². The van der Waals surface area contributed by atoms with Crippen molar-refractivity contribution in [3.8, 4) is 5.75 Å². The Balaban J connectivity index is 1.95. The van der Waals surface area contributed by atoms with Crippen molar-refractivity contribution in [2.45, 2.75) is 25.9 Å². The molecule has 0 saturated heterocycles. The van der Waals surface area contributed by atoms with Crippen LogP contribution in [0.15, 0.2) is 40.8 Å². The summed E-state index contributed by atoms with van der Waals surface area (Å²) in [4.78, 5) is 46.1. The van der Waals surface area contributed by atoms with Crippen molar-refractivity contribution >= 4 is 29.7 Å². The third kappa shape index (κ3) is 6.69. The van der Waals surface area contributed by atoms with Gasteiger partial charge in [-0.05, 0) is 36.4 Å². The molecule has 0 radical (unpaired) electrons. The van der Waals surface area contributed by atoms with Crippen LogP contribution in [0.25, 0.3) is 0 Å². The molecule has 0 aliphatic rings. The molecular formula is C21H22N2O9. The molecule has 1 aromatic carbocycles. The fourth-order valence-corrected chi connectivity index (χ4v) is 2.57. The van der Waals surface area contributed by atoms with E-state index in [1.54, 1.807) is 19.2 Å². The van der Waals surface area contributed by atoms with Crippen molar-refractivity contribution in [2.75, 3.05) is 7.05 Å². The van der Waals surface area contributed by atoms with Crippen LogP contribution in [0.4, 0.5) is 0 Å². The molecule has 0 bridgehead atoms. The number of hydrogen-bond acceptors (Lipinski definition) is 8. The molecule has 0 saturated carbocycles. The van der Waals surface area contributed by atoms with E-state index in [9.17, 15) is 19.2 Å². The summed E-state index contributed by atoms with van der Waals surface area (Å²) >= 11 is 0. The van der Waals surface area contributed by atoms with E-state index in [-0.39, 0.29) is 29.5 Å². The highest BCUT2D eigenvalue weighted by atomic mass is 16.6. The molecule has 11 heteroatoms. The van der Waals surface area contributed by atoms with Crippen LogP contribution >= 0.6 is 0 Å². The van der Waals surface area contributed by atoms with Gasteiger partial charge in [-0.1, -0.05) is 6.92 Å². The van der Waals surface area contributed by atoms with Gasteiger partial charge in [-0.25, -0.2) is 9.59 Å². The first-order valence-corrected chi connectivity index (χ1v) is 9.43. The van der Waals surface area contributed by atoms with Gasteiger partial charge in [-0.15, -0.1) is 0 Å². The smallest absolute Gasteiger partial charge is 0.379 e. The minimum absolute atomic E-state index is 0.00759. The number of ether oxygens (including phenoxy) is 2. The minimum Gasteiger partial charge on any atom is -0.481 e. The van der Waals surface area contributed by atoms with Gasteiger partial charge < -0.3 is 29.4 Å². The summed E-state index contributed by atoms with van der Waals surface area (Å²) in [5.74, 6) is -4.91. The van der Waals surface area contributed by atoms with Crippen LogP contribution in [0.1, 0.15) is 35.2 Å². The fourth-order valence-electron chi connectivity index (χ4n) is 2.57. The quantitative estimate of drug-likeness (QED) is 0.182. The zero-order valence-corrected chi connectivity index (χ0v) is 17.3. The van der Waals surface area contributed by atoms with Crippen molar-refractivity contribution in [1.29, 1.82) is 5.41 Å². The molecular weight excluding hydrogens is 424 g/mol. The molecule has 32 heavy (non-hydrogen) atoms. The molecule has 1 heterocycles. The Labute approximate surface area is 182 Å². The molecule has 0 aliphatic heterocycles. The number of hydrogen-bond donors (Lipinski definition) is 4. The Kier molecular flexibility index (Phi) is 8.11. The predicted octanol–water partition coefficient (Wildman–Crippen LogP) is 1.69. The number of benzene rings is 1. The van der Waals surface area contributed by atoms with Crippen LogP contribution < -0.4 is 10.1 Å². The van der Waals surface area contributed by atoms with E-state index in [1.165, 1.54) is 31.2 Å². The summed E-state index contributed by atoms with van der Waals surface area (Å²) in [5, 5.41) is 28.0. The Hall–Kier alpha value is -4.15. The number of nitrogens with one attached hydrogen (secondary N) is 2. The number of carboxylic acids is 2. The van der Waals surface area contributed by atoms with E-state index in [1.807, 2.05) is 0 Å². The second kappa shape index (κ2) is 10.8. The van der Waals surface area contributed by atoms with Gasteiger partial charge in [-0.2, -0.15) is 0 Å². The molecule has 0 spiro atoms. The van der Waals surface area contributed by atoms with Crippen LogP contribution in [0.3, 0.4) is 0 Å². The first-order chi connectivity index (χ1) is 15.1. The summed E-state index contributed by atoms with van der Waals surface area (Å²) in [6.45, 7) is 1.45. The zero-order chi connectivity index (χ0) is 23.8. The van der Waals surface area contributed by atoms with Crippen LogP contribution in [0, 0.1) is 11.3 Å². The molecule has 0 aliphatic carbocycles. The Morgan fingerprint density at radius 2 is 1.75 bits per heavy atom. The van der Waals surface area contributed by atoms with Gasteiger partial charge in [0.2, 0.25) is 11.9 Å². The first-order valence-electron chi connectivity index (χ1n) is 9.43. The molecule has 11 nitrogen and oxygen atoms in total. The second-order valence-corrected chi connectivity index (χ2v) is 6.77. The maximum atomic E-state index is 12.3. The SMILES string of the molecule is CNC(=N)c1ccc(OC(=O)c2ccc(CC(C)C(=O)O[C@H](CC(=O)O)C(=O)O)o2)cc1. The fraction of sp³-hybridized carbons (Fsp3) is 0.286. The number of carbonyl (C=O) groups excluding carboxylic acids is 2. The van der Waals surface area contributed by atoms with E-state index >= 15 is 0 Å². The summed E-state index contributed by atoms with van der Waals surface area (Å²) < 4.78 is 15.4. The lowest BCUT2D eigenvalue weighted by atomic mass is 10.1. The van der Waals surface area contributed by atoms with Gasteiger partial charge in [-0.3, -0.25) is 15.0 Å². The molecule has 2 atom stereocenters. The molecule has 1 unspecified atom stereocenters. The van der Waals surface area contributed by atoms with E-state index in [0.29, 0.717) is 5.56 Å². The standard InChI is InChI=1S/C21H22N2O9/c1-11(20(28)32-16(19(26)27)10-17(24)25)9-14-7-8-15(30-14)21(29)31-13-5-3-12(4-6-13)18(22)23-2/h3-8,11,16H,9-10H2,1-2H3,(H2,22,23)(H,24,25)(H,26,27)/t11?,16-/m1/s1. The molecule has 0 fully saturated rings. The van der Waals surface area contributed by atoms with Crippen molar-refractivity contribution < 1.29 is 43.3 Å². The van der Waals surface area contributed by atoms with Gasteiger partial charge in [0.25, 0.3) is 0 Å². The predicted molar refractivity (Wildman–Crippen MR) is 109 cm³/mol. The normalized spacial score (nSPS) is 12.3. The lowest BCUT2D eigenvalue weighted by molar-refractivity contribution is -0.169. The average Bonchev–Trinajstić information content (AvgIpc) is 3.21. The molecule has 2 aromatic rings. The van der Waals surface area contributed by atoms with Crippen molar-refractivity contribution in [3.05, 3.63) is 53.5 Å². The van der Waals surface area contributed by atoms with Crippen molar-refractivity contribution in [2.24, 2.45) is 5.92 Å². The third-order valence-corrected chi connectivity index (χ3v) is 4.27. The lowest BCUT2D eigenvalue weighted by Gasteiger charge is -2.15. The van der Waals surface area contributed by atoms with E-state index in [0.717, 1.165) is 0 Å². The number of carboxylic acid groups (broad SMARTS) is 2. The van der Waals surface area contributed by atoms with Crippen molar-refractivity contribution in [1.82, 2.24) is 5.32 Å². The highest BCUT2D eigenvalue weighted by Gasteiger charge is 2.28. The largest absolute Gasteiger partial charge is 0.481 e. The first kappa shape index (κ1) is 24.1. The lowest BCUT2D eigenvalue weighted by Crippen LogP contribution is -2.32. The monoisotopic (exact) mass is 446 g/mol. The van der Waals surface area contributed by atoms with Crippen LogP contribution in [-0.2, 0) is 25.5 Å². The second-order valence-electron chi connectivity index (χ2n) is 6.77. The highest BCUT2D eigenvalue weighted by molar-refractivity contribution is 5.96. The van der Waals surface area contributed by atoms with Crippen LogP contribution in [0.5, 0.6) is 5.75 Å². The maximum absolute atomic E-state index is 12.3. The molecule has 0 amide bonds. The summed E-state index contributed by atoms with van der Waals surface area (Å²) in [6.07, 6.45) is -2.67. The van der Waals surface area contributed by atoms with Gasteiger partial charge in [0, 0.05) is 19.0 Å². The Morgan fingerprint density at radius 3 is 2.31 bits per heavy atom. The molecule has 170 valence electrons. The molecule has 2 rings (SSSR count). The zero-order valence-electron chi connectivity index (χ0n) is 17.3. The van der Waals surface area contributed by atoms with Gasteiger partial charge in [0.1, 0.15) is 17.3 Å². The molecule has 4 N–H and O–H groups in total. The van der Waals surface area contributed by atoms with Gasteiger partial charge >= 0.3 is 23.9 Å². The number of furan rings is 1. The van der Waals surface area contributed by atoms with Gasteiger partial charge in [0.05, 0.1) is 12.3 Å². The van der Waals surface area contributed by atoms with Gasteiger partial charge in [0.15, 0.2) is 0 Å². The number of esters is 2. The van der Waals surface area contributed by atoms with E-state index in [2.05, 4.69) is 5.32 Å². The third-order valence-electron chi connectivity index (χ3n) is 4.27. The number of carbonyl (C=O) groups is 4. The number of aliphatic carboxylic acids is 2. The minimum atomic E-state index is -1.80. The van der Waals surface area contributed by atoms with Crippen molar-refractivity contribution in [3.63, 3.8) is 0 Å². The molecule has 1 aromatic heterocycles. The van der Waals surface area contributed by atoms with Crippen LogP contribution in [0.2, 0.25) is 0 Å². The average molecular weight is 446 g/mol. The number of amidine groups is 1.